The molecule has 8 heteroatoms. The summed E-state index contributed by atoms with van der Waals surface area (Å²) in [5.41, 5.74) is -0.345. The van der Waals surface area contributed by atoms with Crippen molar-refractivity contribution in [2.75, 3.05) is 18.6 Å². The maximum Gasteiger partial charge on any atom is 0.423 e. The van der Waals surface area contributed by atoms with E-state index in [9.17, 15) is 13.2 Å². The number of halogens is 3. The maximum atomic E-state index is 13.0. The summed E-state index contributed by atoms with van der Waals surface area (Å²) in [4.78, 5) is 9.49. The summed E-state index contributed by atoms with van der Waals surface area (Å²) in [6.45, 7) is 6.07. The molecular weight excluding hydrogens is 335 g/mol. The van der Waals surface area contributed by atoms with E-state index in [2.05, 4.69) is 9.97 Å². The number of rotatable bonds is 6. The molecule has 0 unspecified atom stereocenters. The molecule has 0 amide bonds. The number of benzene rings is 1. The van der Waals surface area contributed by atoms with Gasteiger partial charge >= 0.3 is 6.18 Å². The fourth-order valence-electron chi connectivity index (χ4n) is 2.29. The number of para-hydroxylation sites is 2. The van der Waals surface area contributed by atoms with Crippen molar-refractivity contribution < 1.29 is 22.6 Å². The molecule has 0 fully saturated rings. The maximum absolute atomic E-state index is 13.0. The van der Waals surface area contributed by atoms with E-state index in [1.165, 1.54) is 0 Å². The lowest BCUT2D eigenvalue weighted by molar-refractivity contribution is -0.139. The van der Waals surface area contributed by atoms with Gasteiger partial charge < -0.3 is 14.4 Å². The van der Waals surface area contributed by atoms with E-state index < -0.39 is 17.6 Å². The minimum Gasteiger partial charge on any atom is -0.489 e. The zero-order chi connectivity index (χ0) is 18.6. The van der Waals surface area contributed by atoms with Gasteiger partial charge in [-0.05, 0) is 32.9 Å². The number of nitrogens with zero attached hydrogens (tertiary/aromatic N) is 3. The van der Waals surface area contributed by atoms with Gasteiger partial charge in [0.2, 0.25) is 11.8 Å². The molecule has 2 rings (SSSR count). The van der Waals surface area contributed by atoms with Gasteiger partial charge in [-0.2, -0.15) is 18.2 Å². The molecule has 136 valence electrons. The Kier molecular flexibility index (Phi) is 5.71. The van der Waals surface area contributed by atoms with E-state index in [1.54, 1.807) is 17.0 Å². The lowest BCUT2D eigenvalue weighted by Crippen LogP contribution is -2.22. The van der Waals surface area contributed by atoms with Crippen LogP contribution >= 0.6 is 0 Å². The number of ether oxygens (including phenoxy) is 2. The first-order chi connectivity index (χ1) is 11.8. The largest absolute Gasteiger partial charge is 0.489 e. The summed E-state index contributed by atoms with van der Waals surface area (Å²) < 4.78 is 49.5. The molecule has 25 heavy (non-hydrogen) atoms. The lowest BCUT2D eigenvalue weighted by atomic mass is 10.2. The van der Waals surface area contributed by atoms with Crippen LogP contribution in [0.4, 0.5) is 24.8 Å². The van der Waals surface area contributed by atoms with Gasteiger partial charge in [0.1, 0.15) is 11.3 Å². The molecule has 1 aromatic carbocycles. The van der Waals surface area contributed by atoms with E-state index >= 15 is 0 Å². The number of anilines is 2. The average molecular weight is 355 g/mol. The van der Waals surface area contributed by atoms with Gasteiger partial charge in [-0.15, -0.1) is 0 Å². The molecule has 0 N–H and O–H groups in total. The molecule has 0 radical (unpaired) electrons. The van der Waals surface area contributed by atoms with Gasteiger partial charge in [-0.3, -0.25) is 0 Å². The third-order valence-electron chi connectivity index (χ3n) is 3.32. The van der Waals surface area contributed by atoms with Gasteiger partial charge in [-0.1, -0.05) is 12.1 Å². The van der Waals surface area contributed by atoms with Crippen molar-refractivity contribution in [2.24, 2.45) is 0 Å². The highest BCUT2D eigenvalue weighted by Gasteiger charge is 2.36. The van der Waals surface area contributed by atoms with E-state index in [1.807, 2.05) is 32.9 Å². The van der Waals surface area contributed by atoms with Crippen LogP contribution in [0.25, 0.3) is 0 Å². The molecule has 0 spiro atoms. The Balaban J connectivity index is 2.49. The fourth-order valence-corrected chi connectivity index (χ4v) is 2.29. The van der Waals surface area contributed by atoms with Crippen molar-refractivity contribution in [3.05, 3.63) is 36.0 Å². The van der Waals surface area contributed by atoms with Crippen LogP contribution in [0, 0.1) is 0 Å². The third kappa shape index (κ3) is 4.32. The molecule has 0 bridgehead atoms. The van der Waals surface area contributed by atoms with Crippen LogP contribution in [0.1, 0.15) is 26.3 Å². The SMILES string of the molecule is CCN(c1ncc(C(F)(F)F)c(OC)n1)c1ccccc1OC(C)C. The van der Waals surface area contributed by atoms with Gasteiger partial charge in [0, 0.05) is 12.7 Å². The Bertz CT molecular complexity index is 721. The number of hydrogen-bond acceptors (Lipinski definition) is 5. The highest BCUT2D eigenvalue weighted by molar-refractivity contribution is 5.65. The molecule has 0 atom stereocenters. The molecule has 5 nitrogen and oxygen atoms in total. The minimum atomic E-state index is -4.58. The summed E-state index contributed by atoms with van der Waals surface area (Å²) in [5.74, 6) is 0.187. The predicted molar refractivity (Wildman–Crippen MR) is 88.5 cm³/mol. The molecule has 2 aromatic rings. The van der Waals surface area contributed by atoms with Gasteiger partial charge in [0.05, 0.1) is 18.9 Å². The predicted octanol–water partition coefficient (Wildman–Crippen LogP) is 4.45. The summed E-state index contributed by atoms with van der Waals surface area (Å²) in [5, 5.41) is 0. The number of hydrogen-bond donors (Lipinski definition) is 0. The molecule has 0 aliphatic carbocycles. The van der Waals surface area contributed by atoms with Crippen LogP contribution in [0.3, 0.4) is 0 Å². The van der Waals surface area contributed by atoms with Crippen molar-refractivity contribution in [3.63, 3.8) is 0 Å². The second kappa shape index (κ2) is 7.58. The van der Waals surface area contributed by atoms with E-state index in [-0.39, 0.29) is 12.1 Å². The van der Waals surface area contributed by atoms with Crippen molar-refractivity contribution >= 4 is 11.6 Å². The quantitative estimate of drug-likeness (QED) is 0.766. The first-order valence-electron chi connectivity index (χ1n) is 7.79. The Morgan fingerprint density at radius 1 is 1.20 bits per heavy atom. The van der Waals surface area contributed by atoms with Crippen LogP contribution in [0.15, 0.2) is 30.5 Å². The zero-order valence-electron chi connectivity index (χ0n) is 14.5. The molecule has 1 heterocycles. The van der Waals surface area contributed by atoms with E-state index in [0.717, 1.165) is 13.3 Å². The second-order valence-electron chi connectivity index (χ2n) is 5.47. The Hall–Kier alpha value is -2.51. The Labute approximate surface area is 144 Å². The summed E-state index contributed by atoms with van der Waals surface area (Å²) >= 11 is 0. The monoisotopic (exact) mass is 355 g/mol. The topological polar surface area (TPSA) is 47.5 Å². The van der Waals surface area contributed by atoms with Crippen LogP contribution in [0.2, 0.25) is 0 Å². The van der Waals surface area contributed by atoms with Crippen LogP contribution in [-0.2, 0) is 6.18 Å². The summed E-state index contributed by atoms with van der Waals surface area (Å²) in [6, 6.07) is 7.23. The fraction of sp³-hybridized carbons (Fsp3) is 0.412. The molecule has 0 saturated heterocycles. The van der Waals surface area contributed by atoms with Crippen molar-refractivity contribution in [3.8, 4) is 11.6 Å². The lowest BCUT2D eigenvalue weighted by Gasteiger charge is -2.25. The van der Waals surface area contributed by atoms with Gasteiger partial charge in [-0.25, -0.2) is 4.98 Å². The smallest absolute Gasteiger partial charge is 0.423 e. The molecule has 0 aliphatic rings. The summed E-state index contributed by atoms with van der Waals surface area (Å²) in [6.07, 6.45) is -3.90. The summed E-state index contributed by atoms with van der Waals surface area (Å²) in [7, 11) is 1.15. The average Bonchev–Trinajstić information content (AvgIpc) is 2.55. The first-order valence-corrected chi connectivity index (χ1v) is 7.79. The number of aromatic nitrogens is 2. The number of alkyl halides is 3. The minimum absolute atomic E-state index is 0.0529. The first kappa shape index (κ1) is 18.8. The van der Waals surface area contributed by atoms with Crippen molar-refractivity contribution in [1.82, 2.24) is 9.97 Å². The van der Waals surface area contributed by atoms with Crippen molar-refractivity contribution in [1.29, 1.82) is 0 Å². The van der Waals surface area contributed by atoms with E-state index in [0.29, 0.717) is 18.0 Å². The van der Waals surface area contributed by atoms with Crippen LogP contribution in [-0.4, -0.2) is 29.7 Å². The molecule has 0 aliphatic heterocycles. The highest BCUT2D eigenvalue weighted by atomic mass is 19.4. The standard InChI is InChI=1S/C17H20F3N3O2/c1-5-23(13-8-6-7-9-14(13)25-11(2)3)16-21-10-12(17(18,19)20)15(22-16)24-4/h6-11H,5H2,1-4H3. The second-order valence-corrected chi connectivity index (χ2v) is 5.47. The molecule has 1 aromatic heterocycles. The third-order valence-corrected chi connectivity index (χ3v) is 3.32. The van der Waals surface area contributed by atoms with Crippen LogP contribution < -0.4 is 14.4 Å². The molecular formula is C17H20F3N3O2. The Morgan fingerprint density at radius 2 is 1.88 bits per heavy atom. The van der Waals surface area contributed by atoms with Crippen LogP contribution in [0.5, 0.6) is 11.6 Å². The normalized spacial score (nSPS) is 11.5. The Morgan fingerprint density at radius 3 is 2.44 bits per heavy atom. The number of methoxy groups -OCH3 is 1. The zero-order valence-corrected chi connectivity index (χ0v) is 14.5. The van der Waals surface area contributed by atoms with Gasteiger partial charge in [0.15, 0.2) is 0 Å². The van der Waals surface area contributed by atoms with Crippen molar-refractivity contribution in [2.45, 2.75) is 33.1 Å². The molecule has 0 saturated carbocycles. The van der Waals surface area contributed by atoms with Gasteiger partial charge in [0.25, 0.3) is 0 Å². The van der Waals surface area contributed by atoms with E-state index in [4.69, 9.17) is 9.47 Å². The highest BCUT2D eigenvalue weighted by Crippen LogP contribution is 2.37.